The molecular formula is C46H47BrN2O4S2. The standard InChI is InChI=1S/C23H24BrNO2S.C23H23NO2S/c1-27-23(26)17-12-13-19-20(14-17)25(15-28-18-10-6-3-7-11-18)22(24)21(19)16-8-4-2-5-9-16;1-26-23(25)16-11-12-17-19(13-16)24-14-27-20-10-6-5-9-18(20)22(24)21(17)15-7-3-2-4-8-15/h3,6-7,10-14,16H,2,4-5,8-9,15H2,1H3;5-6,9-13,15H,2-4,7-8,14H2,1H3. The van der Waals surface area contributed by atoms with Gasteiger partial charge in [-0.25, -0.2) is 9.59 Å². The minimum absolute atomic E-state index is 0.268. The maximum atomic E-state index is 12.1. The second kappa shape index (κ2) is 17.1. The third-order valence-corrected chi connectivity index (χ3v) is 14.5. The number of thioether (sulfide) groups is 2. The molecule has 0 atom stereocenters. The van der Waals surface area contributed by atoms with E-state index in [-0.39, 0.29) is 11.9 Å². The maximum Gasteiger partial charge on any atom is 0.337 e. The fraction of sp³-hybridized carbons (Fsp3) is 0.348. The Morgan fingerprint density at radius 3 is 1.91 bits per heavy atom. The number of nitrogens with zero attached hydrogens (tertiary/aromatic N) is 2. The molecular weight excluding hydrogens is 789 g/mol. The molecule has 2 saturated carbocycles. The van der Waals surface area contributed by atoms with E-state index < -0.39 is 0 Å². The molecule has 2 aliphatic carbocycles. The average Bonchev–Trinajstić information content (AvgIpc) is 3.73. The lowest BCUT2D eigenvalue weighted by Gasteiger charge is -2.26. The van der Waals surface area contributed by atoms with Crippen LogP contribution in [0.2, 0.25) is 0 Å². The van der Waals surface area contributed by atoms with Crippen LogP contribution in [-0.4, -0.2) is 35.3 Å². The van der Waals surface area contributed by atoms with Crippen molar-refractivity contribution in [1.29, 1.82) is 0 Å². The number of benzene rings is 4. The lowest BCUT2D eigenvalue weighted by Crippen LogP contribution is -2.09. The summed E-state index contributed by atoms with van der Waals surface area (Å²) in [5, 5.41) is 2.56. The molecule has 6 aromatic rings. The number of ether oxygens (including phenoxy) is 2. The van der Waals surface area contributed by atoms with Crippen molar-refractivity contribution in [2.24, 2.45) is 0 Å². The molecule has 2 fully saturated rings. The number of rotatable bonds is 7. The van der Waals surface area contributed by atoms with Crippen LogP contribution in [0, 0.1) is 0 Å². The lowest BCUT2D eigenvalue weighted by molar-refractivity contribution is 0.0592. The number of esters is 2. The summed E-state index contributed by atoms with van der Waals surface area (Å²) in [4.78, 5) is 26.8. The molecule has 2 aromatic heterocycles. The second-order valence-electron chi connectivity index (χ2n) is 14.8. The highest BCUT2D eigenvalue weighted by Crippen LogP contribution is 2.49. The summed E-state index contributed by atoms with van der Waals surface area (Å²) < 4.78 is 15.8. The lowest BCUT2D eigenvalue weighted by atomic mass is 9.81. The van der Waals surface area contributed by atoms with Gasteiger partial charge in [0.1, 0.15) is 0 Å². The van der Waals surface area contributed by atoms with Crippen molar-refractivity contribution >= 4 is 73.2 Å². The van der Waals surface area contributed by atoms with Gasteiger partial charge in [0.15, 0.2) is 0 Å². The fourth-order valence-electron chi connectivity index (χ4n) is 8.92. The molecule has 4 aromatic carbocycles. The molecule has 284 valence electrons. The van der Waals surface area contributed by atoms with E-state index in [4.69, 9.17) is 9.47 Å². The molecule has 0 amide bonds. The van der Waals surface area contributed by atoms with Crippen molar-refractivity contribution in [3.63, 3.8) is 0 Å². The predicted octanol–water partition coefficient (Wildman–Crippen LogP) is 13.2. The predicted molar refractivity (Wildman–Crippen MR) is 229 cm³/mol. The summed E-state index contributed by atoms with van der Waals surface area (Å²) in [5.74, 6) is 2.31. The first-order chi connectivity index (χ1) is 27.0. The Bertz CT molecular complexity index is 2340. The zero-order chi connectivity index (χ0) is 37.9. The summed E-state index contributed by atoms with van der Waals surface area (Å²) in [7, 11) is 2.87. The van der Waals surface area contributed by atoms with Gasteiger partial charge in [-0.2, -0.15) is 0 Å². The van der Waals surface area contributed by atoms with Gasteiger partial charge in [-0.05, 0) is 107 Å². The van der Waals surface area contributed by atoms with Crippen LogP contribution < -0.4 is 0 Å². The minimum Gasteiger partial charge on any atom is -0.465 e. The monoisotopic (exact) mass is 834 g/mol. The molecule has 0 spiro atoms. The quantitative estimate of drug-likeness (QED) is 0.118. The molecule has 0 bridgehead atoms. The Labute approximate surface area is 340 Å². The van der Waals surface area contributed by atoms with E-state index in [9.17, 15) is 9.59 Å². The Morgan fingerprint density at radius 2 is 1.27 bits per heavy atom. The van der Waals surface area contributed by atoms with Gasteiger partial charge < -0.3 is 18.6 Å². The summed E-state index contributed by atoms with van der Waals surface area (Å²) in [6, 6.07) is 31.2. The number of aromatic nitrogens is 2. The van der Waals surface area contributed by atoms with Crippen LogP contribution in [-0.2, 0) is 21.2 Å². The summed E-state index contributed by atoms with van der Waals surface area (Å²) in [6.07, 6.45) is 12.9. The molecule has 9 heteroatoms. The number of halogens is 1. The Hall–Kier alpha value is -3.92. The highest BCUT2D eigenvalue weighted by atomic mass is 79.9. The SMILES string of the molecule is COC(=O)c1ccc2c(C3CCCCC3)c(Br)n(CSc3ccccc3)c2c1.COC(=O)c1ccc2c(C3CCCCC3)c3n(c2c1)CSc1ccccc1-3. The Morgan fingerprint density at radius 1 is 0.709 bits per heavy atom. The summed E-state index contributed by atoms with van der Waals surface area (Å²) in [6.45, 7) is 0. The Balaban J connectivity index is 0.000000155. The minimum atomic E-state index is -0.291. The first-order valence-corrected chi connectivity index (χ1v) is 22.3. The van der Waals surface area contributed by atoms with Crippen molar-refractivity contribution in [2.75, 3.05) is 14.2 Å². The zero-order valence-corrected chi connectivity index (χ0v) is 34.7. The summed E-state index contributed by atoms with van der Waals surface area (Å²) >= 11 is 7.59. The van der Waals surface area contributed by atoms with Crippen LogP contribution in [0.3, 0.4) is 0 Å². The molecule has 3 aliphatic rings. The molecule has 3 heterocycles. The second-order valence-corrected chi connectivity index (χ2v) is 17.6. The van der Waals surface area contributed by atoms with Crippen LogP contribution in [0.4, 0.5) is 0 Å². The number of hydrogen-bond donors (Lipinski definition) is 0. The summed E-state index contributed by atoms with van der Waals surface area (Å²) in [5.41, 5.74) is 9.09. The van der Waals surface area contributed by atoms with E-state index in [1.54, 1.807) is 11.8 Å². The molecule has 55 heavy (non-hydrogen) atoms. The van der Waals surface area contributed by atoms with E-state index in [0.717, 1.165) is 27.4 Å². The highest BCUT2D eigenvalue weighted by molar-refractivity contribution is 9.10. The van der Waals surface area contributed by atoms with Gasteiger partial charge in [-0.3, -0.25) is 0 Å². The van der Waals surface area contributed by atoms with Crippen LogP contribution in [0.5, 0.6) is 0 Å². The third kappa shape index (κ3) is 7.64. The van der Waals surface area contributed by atoms with Gasteiger partial charge >= 0.3 is 11.9 Å². The van der Waals surface area contributed by atoms with E-state index in [1.165, 1.54) is 121 Å². The largest absolute Gasteiger partial charge is 0.465 e. The molecule has 0 N–H and O–H groups in total. The first-order valence-electron chi connectivity index (χ1n) is 19.5. The molecule has 6 nitrogen and oxygen atoms in total. The van der Waals surface area contributed by atoms with Crippen LogP contribution in [0.25, 0.3) is 33.1 Å². The number of hydrogen-bond acceptors (Lipinski definition) is 6. The number of carbonyl (C=O) groups is 2. The van der Waals surface area contributed by atoms with Crippen molar-refractivity contribution in [2.45, 2.75) is 97.6 Å². The molecule has 0 radical (unpaired) electrons. The van der Waals surface area contributed by atoms with Gasteiger partial charge in [-0.1, -0.05) is 87.1 Å². The van der Waals surface area contributed by atoms with Gasteiger partial charge in [0.25, 0.3) is 0 Å². The Kier molecular flexibility index (Phi) is 11.8. The normalized spacial score (nSPS) is 15.9. The van der Waals surface area contributed by atoms with E-state index in [1.807, 2.05) is 42.1 Å². The first kappa shape index (κ1) is 38.0. The van der Waals surface area contributed by atoms with Crippen LogP contribution in [0.15, 0.2) is 105 Å². The topological polar surface area (TPSA) is 62.5 Å². The van der Waals surface area contributed by atoms with E-state index in [0.29, 0.717) is 23.0 Å². The van der Waals surface area contributed by atoms with Gasteiger partial charge in [-0.15, -0.1) is 23.5 Å². The van der Waals surface area contributed by atoms with Crippen molar-refractivity contribution in [3.05, 3.63) is 118 Å². The molecule has 9 rings (SSSR count). The van der Waals surface area contributed by atoms with Gasteiger partial charge in [0.05, 0.1) is 58.4 Å². The van der Waals surface area contributed by atoms with Crippen LogP contribution in [0.1, 0.15) is 108 Å². The average molecular weight is 836 g/mol. The zero-order valence-electron chi connectivity index (χ0n) is 31.5. The number of fused-ring (bicyclic) bond motifs is 6. The smallest absolute Gasteiger partial charge is 0.337 e. The number of carbonyl (C=O) groups excluding carboxylic acids is 2. The van der Waals surface area contributed by atoms with Crippen molar-refractivity contribution in [1.82, 2.24) is 9.13 Å². The fourth-order valence-corrected chi connectivity index (χ4v) is 11.9. The van der Waals surface area contributed by atoms with Gasteiger partial charge in [0, 0.05) is 26.1 Å². The van der Waals surface area contributed by atoms with E-state index in [2.05, 4.69) is 85.7 Å². The van der Waals surface area contributed by atoms with Crippen molar-refractivity contribution < 1.29 is 19.1 Å². The highest BCUT2D eigenvalue weighted by Gasteiger charge is 2.30. The molecule has 1 aliphatic heterocycles. The molecule has 0 unspecified atom stereocenters. The third-order valence-electron chi connectivity index (χ3n) is 11.6. The van der Waals surface area contributed by atoms with Crippen molar-refractivity contribution in [3.8, 4) is 11.3 Å². The number of methoxy groups -OCH3 is 2. The van der Waals surface area contributed by atoms with E-state index >= 15 is 0 Å². The maximum absolute atomic E-state index is 12.1. The van der Waals surface area contributed by atoms with Gasteiger partial charge in [0.2, 0.25) is 0 Å². The van der Waals surface area contributed by atoms with Crippen LogP contribution >= 0.6 is 39.5 Å². The molecule has 0 saturated heterocycles.